The number of halogens is 2. The summed E-state index contributed by atoms with van der Waals surface area (Å²) in [5, 5.41) is 5.31. The first-order valence-corrected chi connectivity index (χ1v) is 10.5. The van der Waals surface area contributed by atoms with E-state index in [0.29, 0.717) is 18.7 Å². The smallest absolute Gasteiger partial charge is 0.260 e. The van der Waals surface area contributed by atoms with E-state index >= 15 is 0 Å². The van der Waals surface area contributed by atoms with Gasteiger partial charge in [0.1, 0.15) is 10.8 Å². The molecule has 0 bridgehead atoms. The van der Waals surface area contributed by atoms with Crippen molar-refractivity contribution in [3.05, 3.63) is 51.6 Å². The van der Waals surface area contributed by atoms with Crippen LogP contribution < -0.4 is 5.32 Å². The molecule has 1 fully saturated rings. The van der Waals surface area contributed by atoms with E-state index in [4.69, 9.17) is 0 Å². The number of likely N-dealkylation sites (tertiary alicyclic amines) is 1. The first kappa shape index (κ1) is 20.3. The van der Waals surface area contributed by atoms with Crippen molar-refractivity contribution in [2.75, 3.05) is 18.4 Å². The predicted octanol–water partition coefficient (Wildman–Crippen LogP) is 3.78. The summed E-state index contributed by atoms with van der Waals surface area (Å²) in [6, 6.07) is 1.54. The van der Waals surface area contributed by atoms with Crippen molar-refractivity contribution >= 4 is 41.1 Å². The molecule has 2 aromatic heterocycles. The summed E-state index contributed by atoms with van der Waals surface area (Å²) in [7, 11) is 0. The average Bonchev–Trinajstić information content (AvgIpc) is 3.16. The van der Waals surface area contributed by atoms with Crippen LogP contribution in [0.1, 0.15) is 35.4 Å². The topological polar surface area (TPSA) is 75.2 Å². The number of alkyl halides is 2. The van der Waals surface area contributed by atoms with E-state index in [1.807, 2.05) is 5.38 Å². The van der Waals surface area contributed by atoms with Crippen molar-refractivity contribution in [2.24, 2.45) is 0 Å². The molecular formula is C21H20F2N4O2S. The van der Waals surface area contributed by atoms with Crippen LogP contribution in [0.3, 0.4) is 0 Å². The molecule has 0 aromatic carbocycles. The summed E-state index contributed by atoms with van der Waals surface area (Å²) >= 11 is 1.59. The SMILES string of the molecule is O=C1CC(F)(F)Cc2cc(/C=C/C(=O)N3CCC(=Cc4nccs4)CC3)cnc2N1. The number of pyridine rings is 1. The van der Waals surface area contributed by atoms with E-state index in [2.05, 4.69) is 21.4 Å². The van der Waals surface area contributed by atoms with Gasteiger partial charge in [-0.25, -0.2) is 18.7 Å². The Morgan fingerprint density at radius 1 is 1.23 bits per heavy atom. The van der Waals surface area contributed by atoms with Gasteiger partial charge in [0.25, 0.3) is 5.92 Å². The summed E-state index contributed by atoms with van der Waals surface area (Å²) in [6.07, 6.45) is 8.49. The number of aromatic nitrogens is 2. The molecule has 0 atom stereocenters. The molecule has 0 unspecified atom stereocenters. The predicted molar refractivity (Wildman–Crippen MR) is 111 cm³/mol. The number of rotatable bonds is 3. The summed E-state index contributed by atoms with van der Waals surface area (Å²) < 4.78 is 27.7. The number of hydrogen-bond donors (Lipinski definition) is 1. The molecule has 2 amide bonds. The molecule has 156 valence electrons. The van der Waals surface area contributed by atoms with Crippen LogP contribution in [0.15, 0.2) is 35.5 Å². The van der Waals surface area contributed by atoms with Crippen LogP contribution in [-0.4, -0.2) is 45.7 Å². The lowest BCUT2D eigenvalue weighted by Gasteiger charge is -2.27. The molecule has 4 rings (SSSR count). The Hall–Kier alpha value is -2.94. The molecule has 0 saturated carbocycles. The molecule has 4 heterocycles. The fraction of sp³-hybridized carbons (Fsp3) is 0.333. The number of thiazole rings is 1. The van der Waals surface area contributed by atoms with Gasteiger partial charge in [0, 0.05) is 48.9 Å². The third kappa shape index (κ3) is 4.96. The van der Waals surface area contributed by atoms with Crippen LogP contribution in [0.2, 0.25) is 0 Å². The van der Waals surface area contributed by atoms with Gasteiger partial charge in [-0.05, 0) is 36.6 Å². The highest BCUT2D eigenvalue weighted by molar-refractivity contribution is 7.10. The van der Waals surface area contributed by atoms with Crippen molar-refractivity contribution in [1.82, 2.24) is 14.9 Å². The highest BCUT2D eigenvalue weighted by atomic mass is 32.1. The lowest BCUT2D eigenvalue weighted by Crippen LogP contribution is -2.35. The number of anilines is 1. The minimum absolute atomic E-state index is 0.128. The standard InChI is InChI=1S/C21H20F2N4O2S/c22-21(23)11-16-9-15(13-25-20(16)26-17(28)12-21)1-2-19(29)27-6-3-14(4-7-27)10-18-24-5-8-30-18/h1-2,5,8-10,13H,3-4,6-7,11-12H2,(H,25,26,28)/b2-1+. The molecule has 9 heteroatoms. The van der Waals surface area contributed by atoms with Gasteiger partial charge in [-0.3, -0.25) is 9.59 Å². The van der Waals surface area contributed by atoms with Crippen LogP contribution in [0.5, 0.6) is 0 Å². The minimum atomic E-state index is -3.12. The first-order chi connectivity index (χ1) is 14.4. The third-order valence-corrected chi connectivity index (χ3v) is 5.75. The molecule has 2 aromatic rings. The van der Waals surface area contributed by atoms with Crippen molar-refractivity contribution in [3.63, 3.8) is 0 Å². The zero-order valence-corrected chi connectivity index (χ0v) is 16.9. The van der Waals surface area contributed by atoms with E-state index in [1.54, 1.807) is 28.5 Å². The number of piperidine rings is 1. The summed E-state index contributed by atoms with van der Waals surface area (Å²) in [6.45, 7) is 1.25. The second kappa shape index (κ2) is 8.43. The molecular weight excluding hydrogens is 410 g/mol. The van der Waals surface area contributed by atoms with Crippen LogP contribution in [-0.2, 0) is 16.0 Å². The maximum absolute atomic E-state index is 13.9. The number of nitrogens with zero attached hydrogens (tertiary/aromatic N) is 3. The van der Waals surface area contributed by atoms with E-state index in [1.165, 1.54) is 23.9 Å². The fourth-order valence-electron chi connectivity index (χ4n) is 3.53. The van der Waals surface area contributed by atoms with Crippen LogP contribution >= 0.6 is 11.3 Å². The number of carbonyl (C=O) groups is 2. The average molecular weight is 430 g/mol. The lowest BCUT2D eigenvalue weighted by molar-refractivity contribution is -0.126. The zero-order valence-electron chi connectivity index (χ0n) is 16.1. The van der Waals surface area contributed by atoms with Crippen molar-refractivity contribution < 1.29 is 18.4 Å². The molecule has 0 aliphatic carbocycles. The molecule has 2 aliphatic heterocycles. The van der Waals surface area contributed by atoms with Crippen molar-refractivity contribution in [3.8, 4) is 0 Å². The van der Waals surface area contributed by atoms with Gasteiger partial charge in [0.15, 0.2) is 0 Å². The lowest BCUT2D eigenvalue weighted by atomic mass is 10.0. The van der Waals surface area contributed by atoms with Gasteiger partial charge in [-0.2, -0.15) is 0 Å². The largest absolute Gasteiger partial charge is 0.339 e. The summed E-state index contributed by atoms with van der Waals surface area (Å²) in [5.74, 6) is -3.85. The molecule has 1 saturated heterocycles. The van der Waals surface area contributed by atoms with Crippen LogP contribution in [0.4, 0.5) is 14.6 Å². The van der Waals surface area contributed by atoms with E-state index in [-0.39, 0.29) is 17.3 Å². The van der Waals surface area contributed by atoms with Gasteiger partial charge in [0.05, 0.1) is 6.42 Å². The Labute approximate surface area is 176 Å². The summed E-state index contributed by atoms with van der Waals surface area (Å²) in [4.78, 5) is 34.1. The normalized spacial score (nSPS) is 18.7. The number of fused-ring (bicyclic) bond motifs is 1. The Morgan fingerprint density at radius 2 is 2.03 bits per heavy atom. The van der Waals surface area contributed by atoms with E-state index in [0.717, 1.165) is 17.8 Å². The van der Waals surface area contributed by atoms with E-state index in [9.17, 15) is 18.4 Å². The Kier molecular flexibility index (Phi) is 5.72. The van der Waals surface area contributed by atoms with Crippen molar-refractivity contribution in [1.29, 1.82) is 0 Å². The molecule has 0 radical (unpaired) electrons. The fourth-order valence-corrected chi connectivity index (χ4v) is 4.15. The van der Waals surface area contributed by atoms with E-state index < -0.39 is 24.7 Å². The van der Waals surface area contributed by atoms with Crippen molar-refractivity contribution in [2.45, 2.75) is 31.6 Å². The maximum atomic E-state index is 13.9. The van der Waals surface area contributed by atoms with Gasteiger partial charge in [0.2, 0.25) is 11.8 Å². The molecule has 0 spiro atoms. The summed E-state index contributed by atoms with van der Waals surface area (Å²) in [5.41, 5.74) is 2.07. The number of amides is 2. The maximum Gasteiger partial charge on any atom is 0.260 e. The van der Waals surface area contributed by atoms with Gasteiger partial charge in [-0.15, -0.1) is 11.3 Å². The second-order valence-corrected chi connectivity index (χ2v) is 8.29. The highest BCUT2D eigenvalue weighted by Gasteiger charge is 2.36. The Balaban J connectivity index is 1.39. The van der Waals surface area contributed by atoms with Crippen LogP contribution in [0.25, 0.3) is 12.2 Å². The first-order valence-electron chi connectivity index (χ1n) is 9.60. The zero-order chi connectivity index (χ0) is 21.1. The van der Waals surface area contributed by atoms with Gasteiger partial charge < -0.3 is 10.2 Å². The minimum Gasteiger partial charge on any atom is -0.339 e. The molecule has 1 N–H and O–H groups in total. The third-order valence-electron chi connectivity index (χ3n) is 5.03. The monoisotopic (exact) mass is 430 g/mol. The van der Waals surface area contributed by atoms with Crippen LogP contribution in [0, 0.1) is 0 Å². The highest BCUT2D eigenvalue weighted by Crippen LogP contribution is 2.31. The Bertz CT molecular complexity index is 1010. The van der Waals surface area contributed by atoms with Gasteiger partial charge >= 0.3 is 0 Å². The van der Waals surface area contributed by atoms with Gasteiger partial charge in [-0.1, -0.05) is 5.57 Å². The second-order valence-electron chi connectivity index (χ2n) is 7.37. The Morgan fingerprint density at radius 3 is 2.77 bits per heavy atom. The molecule has 30 heavy (non-hydrogen) atoms. The molecule has 2 aliphatic rings. The quantitative estimate of drug-likeness (QED) is 0.752. The number of nitrogens with one attached hydrogen (secondary N) is 1. The molecule has 6 nitrogen and oxygen atoms in total. The number of hydrogen-bond acceptors (Lipinski definition) is 5. The number of carbonyl (C=O) groups excluding carboxylic acids is 2.